The monoisotopic (exact) mass is 1040 g/mol. The summed E-state index contributed by atoms with van der Waals surface area (Å²) in [5.74, 6) is -6.79. The molecule has 0 unspecified atom stereocenters. The second-order valence-corrected chi connectivity index (χ2v) is 19.3. The van der Waals surface area contributed by atoms with Crippen molar-refractivity contribution in [1.82, 2.24) is 41.1 Å². The average Bonchev–Trinajstić information content (AvgIpc) is 4.12. The third-order valence-corrected chi connectivity index (χ3v) is 13.5. The number of non-ortho nitro benzene ring substituents is 1. The van der Waals surface area contributed by atoms with E-state index in [4.69, 9.17) is 0 Å². The van der Waals surface area contributed by atoms with Gasteiger partial charge in [0.1, 0.15) is 24.7 Å². The minimum atomic E-state index is -1.30. The molecule has 6 rings (SSSR count). The Labute approximate surface area is 428 Å². The van der Waals surface area contributed by atoms with Gasteiger partial charge in [0, 0.05) is 61.3 Å². The maximum Gasteiger partial charge on any atom is 0.340 e. The third kappa shape index (κ3) is 15.0. The lowest BCUT2D eigenvalue weighted by Crippen LogP contribution is -2.57. The van der Waals surface area contributed by atoms with E-state index >= 15 is 4.39 Å². The van der Waals surface area contributed by atoms with Gasteiger partial charge in [0.05, 0.1) is 16.7 Å². The molecule has 1 aliphatic heterocycles. The zero-order valence-corrected chi connectivity index (χ0v) is 42.0. The molecule has 74 heavy (non-hydrogen) atoms. The highest BCUT2D eigenvalue weighted by molar-refractivity contribution is 7.99. The summed E-state index contributed by atoms with van der Waals surface area (Å²) in [6, 6.07) is 8.10. The second kappa shape index (κ2) is 25.6. The molecule has 3 atom stereocenters. The number of benzene rings is 2. The van der Waals surface area contributed by atoms with Crippen LogP contribution in [0.1, 0.15) is 112 Å². The number of imide groups is 1. The van der Waals surface area contributed by atoms with Crippen LogP contribution in [-0.2, 0) is 47.2 Å². The molecule has 6 N–H and O–H groups in total. The number of nitrogens with zero attached hydrogens (tertiary/aromatic N) is 7. The fraction of sp³-hybridized carbons (Fsp3) is 0.429. The Bertz CT molecular complexity index is 2800. The summed E-state index contributed by atoms with van der Waals surface area (Å²) in [4.78, 5) is 115. The highest BCUT2D eigenvalue weighted by Crippen LogP contribution is 2.35. The number of aromatic nitrogens is 5. The van der Waals surface area contributed by atoms with Gasteiger partial charge in [0.2, 0.25) is 34.6 Å². The van der Waals surface area contributed by atoms with Crippen LogP contribution < -0.4 is 31.2 Å². The number of carbonyl (C=O) groups is 8. The van der Waals surface area contributed by atoms with Gasteiger partial charge < -0.3 is 26.4 Å². The number of carbonyl (C=O) groups excluding carboxylic acids is 7. The third-order valence-electron chi connectivity index (χ3n) is 12.4. The van der Waals surface area contributed by atoms with E-state index in [0.29, 0.717) is 35.7 Å². The molecule has 0 bridgehead atoms. The number of nitro benzene ring substituents is 1. The predicted octanol–water partition coefficient (Wildman–Crippen LogP) is 4.07. The van der Waals surface area contributed by atoms with Crippen LogP contribution in [0, 0.1) is 21.8 Å². The van der Waals surface area contributed by atoms with Gasteiger partial charge in [-0.2, -0.15) is 4.39 Å². The van der Waals surface area contributed by atoms with E-state index in [2.05, 4.69) is 42.1 Å². The molecule has 23 nitrogen and oxygen atoms in total. The van der Waals surface area contributed by atoms with Gasteiger partial charge in [-0.25, -0.2) is 19.4 Å². The van der Waals surface area contributed by atoms with Crippen molar-refractivity contribution in [3.63, 3.8) is 0 Å². The Morgan fingerprint density at radius 2 is 1.59 bits per heavy atom. The van der Waals surface area contributed by atoms with Crippen LogP contribution >= 0.6 is 11.8 Å². The highest BCUT2D eigenvalue weighted by atomic mass is 32.2. The van der Waals surface area contributed by atoms with Gasteiger partial charge in [-0.15, -0.1) is 5.10 Å². The Hall–Kier alpha value is -7.96. The van der Waals surface area contributed by atoms with Crippen molar-refractivity contribution in [1.29, 1.82) is 0 Å². The lowest BCUT2D eigenvalue weighted by molar-refractivity contribution is -0.675. The summed E-state index contributed by atoms with van der Waals surface area (Å²) in [5.41, 5.74) is 1.27. The van der Waals surface area contributed by atoms with E-state index in [1.807, 2.05) is 0 Å². The van der Waals surface area contributed by atoms with E-state index in [0.717, 1.165) is 54.0 Å². The zero-order chi connectivity index (χ0) is 53.6. The van der Waals surface area contributed by atoms with Gasteiger partial charge in [0.15, 0.2) is 0 Å². The SMILES string of the molecule is CC(C)[C@H](NC(=O)[C@H](CCC(=O)O)NC(=O)CCCCCN1C(=O)C=CC1=O)C(=O)N[C@@H](C)C(=O)Nc1ccc(C[n+]2cc(C3CCCC3)cc(F)c2NC(=O)c2cc([N+](=O)[O-])ccc2Sc2nnnn2C)cc1. The number of halogens is 1. The maximum atomic E-state index is 16.3. The van der Waals surface area contributed by atoms with Crippen LogP contribution in [-0.4, -0.2) is 107 Å². The number of anilines is 2. The Morgan fingerprint density at radius 1 is 0.892 bits per heavy atom. The van der Waals surface area contributed by atoms with E-state index in [9.17, 15) is 53.6 Å². The number of unbranched alkanes of at least 4 members (excludes halogenated alkanes) is 2. The van der Waals surface area contributed by atoms with Gasteiger partial charge in [0.25, 0.3) is 17.5 Å². The number of carboxylic acid groups (broad SMARTS) is 1. The van der Waals surface area contributed by atoms with Crippen LogP contribution in [0.15, 0.2) is 76.9 Å². The second-order valence-electron chi connectivity index (χ2n) is 18.3. The van der Waals surface area contributed by atoms with Gasteiger partial charge in [-0.1, -0.05) is 45.2 Å². The molecule has 3 heterocycles. The number of pyridine rings is 1. The molecule has 25 heteroatoms. The zero-order valence-electron chi connectivity index (χ0n) is 41.2. The average molecular weight is 1040 g/mol. The van der Waals surface area contributed by atoms with E-state index in [-0.39, 0.29) is 53.8 Å². The smallest absolute Gasteiger partial charge is 0.340 e. The summed E-state index contributed by atoms with van der Waals surface area (Å²) in [6.45, 7) is 5.00. The molecule has 4 aromatic rings. The van der Waals surface area contributed by atoms with E-state index in [1.165, 1.54) is 42.0 Å². The Kier molecular flexibility index (Phi) is 19.2. The number of hydrogen-bond donors (Lipinski definition) is 6. The predicted molar refractivity (Wildman–Crippen MR) is 263 cm³/mol. The first kappa shape index (κ1) is 55.4. The van der Waals surface area contributed by atoms with Crippen molar-refractivity contribution >= 4 is 76.3 Å². The number of aryl methyl sites for hydroxylation is 1. The molecule has 1 saturated carbocycles. The standard InChI is InChI=1S/C49H57FN12O11S/c1-28(2)43(54-47(70)37(18-22-42(66)67)53-39(63)12-6-5-9-23-61-40(64)20-21-41(61)65)48(71)51-29(3)45(68)52-33-15-13-30(14-16-33)26-60-27-32(31-10-7-8-11-31)24-36(50)44(60)55-46(69)35-25-34(62(72)73)17-19-38(35)74-49-56-57-58-59(49)4/h13-17,19-21,24-25,27-29,31,37,43H,5-12,18,22-23,26H2,1-4H3,(H5,51,52,53,54,63,66,67,68,70,71)/p+1/t29-,37-,43-/m0/s1. The largest absolute Gasteiger partial charge is 0.481 e. The van der Waals surface area contributed by atoms with Crippen LogP contribution in [0.5, 0.6) is 0 Å². The Morgan fingerprint density at radius 3 is 2.23 bits per heavy atom. The van der Waals surface area contributed by atoms with Crippen molar-refractivity contribution in [2.75, 3.05) is 17.2 Å². The fourth-order valence-electron chi connectivity index (χ4n) is 8.34. The minimum absolute atomic E-state index is 0.0211. The Balaban J connectivity index is 1.08. The van der Waals surface area contributed by atoms with Gasteiger partial charge in [-0.05, 0) is 108 Å². The lowest BCUT2D eigenvalue weighted by Gasteiger charge is -2.26. The molecule has 7 amide bonds. The number of carboxylic acids is 1. The molecule has 2 aromatic heterocycles. The number of tetrazole rings is 1. The van der Waals surface area contributed by atoms with Crippen LogP contribution in [0.25, 0.3) is 0 Å². The number of amides is 7. The normalized spacial score (nSPS) is 14.6. The van der Waals surface area contributed by atoms with Crippen LogP contribution in [0.4, 0.5) is 21.6 Å². The maximum absolute atomic E-state index is 16.3. The van der Waals surface area contributed by atoms with E-state index < -0.39 is 88.5 Å². The topological polar surface area (TPSA) is 311 Å². The van der Waals surface area contributed by atoms with Gasteiger partial charge >= 0.3 is 17.7 Å². The number of nitro groups is 1. The number of nitrogens with one attached hydrogen (secondary N) is 5. The summed E-state index contributed by atoms with van der Waals surface area (Å²) in [5, 5.41) is 45.8. The number of rotatable bonds is 25. The molecule has 1 aliphatic carbocycles. The first-order chi connectivity index (χ1) is 35.3. The highest BCUT2D eigenvalue weighted by Gasteiger charge is 2.32. The minimum Gasteiger partial charge on any atom is -0.481 e. The molecule has 2 aliphatic rings. The van der Waals surface area contributed by atoms with Crippen molar-refractivity contribution in [2.24, 2.45) is 13.0 Å². The quantitative estimate of drug-likeness (QED) is 0.0179. The first-order valence-electron chi connectivity index (χ1n) is 24.1. The summed E-state index contributed by atoms with van der Waals surface area (Å²) >= 11 is 0.998. The molecular formula is C49H58FN12O11S+. The molecule has 2 aromatic carbocycles. The lowest BCUT2D eigenvalue weighted by atomic mass is 9.99. The summed E-state index contributed by atoms with van der Waals surface area (Å²) in [7, 11) is 1.59. The molecule has 0 radical (unpaired) electrons. The molecule has 0 spiro atoms. The van der Waals surface area contributed by atoms with Crippen LogP contribution in [0.2, 0.25) is 0 Å². The van der Waals surface area contributed by atoms with Crippen molar-refractivity contribution in [3.05, 3.63) is 99.5 Å². The first-order valence-corrected chi connectivity index (χ1v) is 24.9. The summed E-state index contributed by atoms with van der Waals surface area (Å²) in [6.07, 6.45) is 8.41. The van der Waals surface area contributed by atoms with Crippen molar-refractivity contribution in [2.45, 2.75) is 126 Å². The summed E-state index contributed by atoms with van der Waals surface area (Å²) < 4.78 is 19.2. The number of hydrogen-bond acceptors (Lipinski definition) is 14. The number of aliphatic carboxylic acids is 1. The molecule has 1 fully saturated rings. The van der Waals surface area contributed by atoms with Crippen LogP contribution in [0.3, 0.4) is 0 Å². The molecule has 392 valence electrons. The van der Waals surface area contributed by atoms with Gasteiger partial charge in [-0.3, -0.25) is 48.6 Å². The van der Waals surface area contributed by atoms with Crippen molar-refractivity contribution in [3.8, 4) is 0 Å². The van der Waals surface area contributed by atoms with Crippen molar-refractivity contribution < 1.29 is 57.3 Å². The fourth-order valence-corrected chi connectivity index (χ4v) is 9.18. The molecule has 0 saturated heterocycles. The van der Waals surface area contributed by atoms with E-state index in [1.54, 1.807) is 55.9 Å². The molecular weight excluding hydrogens is 984 g/mol.